The van der Waals surface area contributed by atoms with Gasteiger partial charge in [-0.1, -0.05) is 29.8 Å². The van der Waals surface area contributed by atoms with Gasteiger partial charge in [-0.25, -0.2) is 4.98 Å². The van der Waals surface area contributed by atoms with Gasteiger partial charge in [0.1, 0.15) is 5.15 Å². The number of anilines is 1. The molecule has 1 heterocycles. The largest absolute Gasteiger partial charge is 0.320 e. The Morgan fingerprint density at radius 3 is 2.32 bits per heavy atom. The summed E-state index contributed by atoms with van der Waals surface area (Å²) >= 11 is 5.80. The zero-order chi connectivity index (χ0) is 14.0. The first-order chi connectivity index (χ1) is 8.99. The minimum atomic E-state index is -0.122. The van der Waals surface area contributed by atoms with Gasteiger partial charge in [-0.15, -0.1) is 0 Å². The number of halogens is 1. The van der Waals surface area contributed by atoms with E-state index < -0.39 is 0 Å². The Kier molecular flexibility index (Phi) is 3.86. The quantitative estimate of drug-likeness (QED) is 0.844. The molecule has 1 aromatic heterocycles. The van der Waals surface area contributed by atoms with E-state index in [9.17, 15) is 4.79 Å². The standard InChI is InChI=1S/C15H15ClN2O/c1-9-5-4-6-10(2)14(9)15(19)18-12-7-8-13(16)17-11(12)3/h4-8H,1-3H3,(H,18,19). The Bertz CT molecular complexity index is 618. The number of amides is 1. The molecule has 0 aliphatic carbocycles. The Morgan fingerprint density at radius 2 is 1.74 bits per heavy atom. The number of carbonyl (C=O) groups excluding carboxylic acids is 1. The van der Waals surface area contributed by atoms with E-state index in [1.807, 2.05) is 39.0 Å². The van der Waals surface area contributed by atoms with Crippen LogP contribution >= 0.6 is 11.6 Å². The van der Waals surface area contributed by atoms with Crippen molar-refractivity contribution in [3.05, 3.63) is 57.9 Å². The smallest absolute Gasteiger partial charge is 0.256 e. The van der Waals surface area contributed by atoms with Gasteiger partial charge >= 0.3 is 0 Å². The molecular formula is C15H15ClN2O. The van der Waals surface area contributed by atoms with E-state index in [4.69, 9.17) is 11.6 Å². The average molecular weight is 275 g/mol. The predicted molar refractivity (Wildman–Crippen MR) is 77.9 cm³/mol. The topological polar surface area (TPSA) is 42.0 Å². The summed E-state index contributed by atoms with van der Waals surface area (Å²) in [6.07, 6.45) is 0. The second kappa shape index (κ2) is 5.41. The van der Waals surface area contributed by atoms with Crippen LogP contribution in [-0.2, 0) is 0 Å². The van der Waals surface area contributed by atoms with Gasteiger partial charge in [0.15, 0.2) is 0 Å². The van der Waals surface area contributed by atoms with Crippen molar-refractivity contribution in [2.45, 2.75) is 20.8 Å². The second-order valence-electron chi connectivity index (χ2n) is 4.49. The SMILES string of the molecule is Cc1cccc(C)c1C(=O)Nc1ccc(Cl)nc1C. The van der Waals surface area contributed by atoms with Gasteiger partial charge in [0.05, 0.1) is 11.4 Å². The van der Waals surface area contributed by atoms with E-state index in [2.05, 4.69) is 10.3 Å². The lowest BCUT2D eigenvalue weighted by Gasteiger charge is -2.11. The molecule has 1 N–H and O–H groups in total. The number of aryl methyl sites for hydroxylation is 3. The molecule has 98 valence electrons. The fourth-order valence-corrected chi connectivity index (χ4v) is 2.21. The van der Waals surface area contributed by atoms with E-state index >= 15 is 0 Å². The number of hydrogen-bond acceptors (Lipinski definition) is 2. The highest BCUT2D eigenvalue weighted by Crippen LogP contribution is 2.19. The fourth-order valence-electron chi connectivity index (χ4n) is 2.02. The lowest BCUT2D eigenvalue weighted by molar-refractivity contribution is 0.102. The molecule has 4 heteroatoms. The van der Waals surface area contributed by atoms with Crippen LogP contribution in [-0.4, -0.2) is 10.9 Å². The first kappa shape index (κ1) is 13.6. The lowest BCUT2D eigenvalue weighted by Crippen LogP contribution is -2.16. The van der Waals surface area contributed by atoms with Gasteiger partial charge in [-0.2, -0.15) is 0 Å². The van der Waals surface area contributed by atoms with E-state index in [-0.39, 0.29) is 5.91 Å². The summed E-state index contributed by atoms with van der Waals surface area (Å²) in [6, 6.07) is 9.21. The molecule has 0 spiro atoms. The molecule has 0 radical (unpaired) electrons. The van der Waals surface area contributed by atoms with Crippen molar-refractivity contribution in [1.82, 2.24) is 4.98 Å². The molecule has 0 saturated heterocycles. The third kappa shape index (κ3) is 2.93. The molecule has 19 heavy (non-hydrogen) atoms. The predicted octanol–water partition coefficient (Wildman–Crippen LogP) is 3.91. The highest BCUT2D eigenvalue weighted by Gasteiger charge is 2.13. The van der Waals surface area contributed by atoms with Gasteiger partial charge in [0, 0.05) is 5.56 Å². The maximum atomic E-state index is 12.3. The summed E-state index contributed by atoms with van der Waals surface area (Å²) < 4.78 is 0. The third-order valence-corrected chi connectivity index (χ3v) is 3.22. The summed E-state index contributed by atoms with van der Waals surface area (Å²) in [7, 11) is 0. The van der Waals surface area contributed by atoms with Crippen molar-refractivity contribution in [2.75, 3.05) is 5.32 Å². The van der Waals surface area contributed by atoms with Crippen molar-refractivity contribution in [1.29, 1.82) is 0 Å². The van der Waals surface area contributed by atoms with Crippen LogP contribution in [0.15, 0.2) is 30.3 Å². The van der Waals surface area contributed by atoms with Crippen LogP contribution in [0.4, 0.5) is 5.69 Å². The second-order valence-corrected chi connectivity index (χ2v) is 4.88. The lowest BCUT2D eigenvalue weighted by atomic mass is 10.0. The van der Waals surface area contributed by atoms with Gasteiger partial charge in [0.2, 0.25) is 0 Å². The van der Waals surface area contributed by atoms with Gasteiger partial charge in [0.25, 0.3) is 5.91 Å². The molecule has 0 bridgehead atoms. The Hall–Kier alpha value is -1.87. The molecular weight excluding hydrogens is 260 g/mol. The van der Waals surface area contributed by atoms with E-state index in [1.54, 1.807) is 12.1 Å². The van der Waals surface area contributed by atoms with Gasteiger partial charge in [-0.05, 0) is 44.0 Å². The van der Waals surface area contributed by atoms with Crippen LogP contribution in [0.25, 0.3) is 0 Å². The summed E-state index contributed by atoms with van der Waals surface area (Å²) in [5.74, 6) is -0.122. The molecule has 0 aliphatic rings. The Morgan fingerprint density at radius 1 is 1.11 bits per heavy atom. The van der Waals surface area contributed by atoms with Crippen LogP contribution in [0.5, 0.6) is 0 Å². The molecule has 0 unspecified atom stereocenters. The molecule has 0 atom stereocenters. The molecule has 1 aromatic carbocycles. The van der Waals surface area contributed by atoms with Crippen LogP contribution in [0, 0.1) is 20.8 Å². The number of rotatable bonds is 2. The van der Waals surface area contributed by atoms with Crippen LogP contribution in [0.1, 0.15) is 27.2 Å². The number of nitrogens with zero attached hydrogens (tertiary/aromatic N) is 1. The summed E-state index contributed by atoms with van der Waals surface area (Å²) in [6.45, 7) is 5.66. The molecule has 3 nitrogen and oxygen atoms in total. The van der Waals surface area contributed by atoms with Crippen molar-refractivity contribution in [3.63, 3.8) is 0 Å². The monoisotopic (exact) mass is 274 g/mol. The molecule has 0 aliphatic heterocycles. The minimum absolute atomic E-state index is 0.122. The van der Waals surface area contributed by atoms with Gasteiger partial charge in [-0.3, -0.25) is 4.79 Å². The van der Waals surface area contributed by atoms with Crippen molar-refractivity contribution < 1.29 is 4.79 Å². The minimum Gasteiger partial charge on any atom is -0.320 e. The highest BCUT2D eigenvalue weighted by atomic mass is 35.5. The number of pyridine rings is 1. The Labute approximate surface area is 117 Å². The molecule has 1 amide bonds. The van der Waals surface area contributed by atoms with Gasteiger partial charge < -0.3 is 5.32 Å². The number of carbonyl (C=O) groups is 1. The normalized spacial score (nSPS) is 10.3. The van der Waals surface area contributed by atoms with Crippen molar-refractivity contribution in [3.8, 4) is 0 Å². The van der Waals surface area contributed by atoms with Crippen LogP contribution < -0.4 is 5.32 Å². The molecule has 2 rings (SSSR count). The highest BCUT2D eigenvalue weighted by molar-refractivity contribution is 6.29. The third-order valence-electron chi connectivity index (χ3n) is 3.01. The number of hydrogen-bond donors (Lipinski definition) is 1. The van der Waals surface area contributed by atoms with E-state index in [0.717, 1.165) is 11.1 Å². The van der Waals surface area contributed by atoms with E-state index in [0.29, 0.717) is 22.1 Å². The maximum Gasteiger partial charge on any atom is 0.256 e. The Balaban J connectivity index is 2.31. The summed E-state index contributed by atoms with van der Waals surface area (Å²) in [4.78, 5) is 16.4. The average Bonchev–Trinajstić information content (AvgIpc) is 2.32. The first-order valence-corrected chi connectivity index (χ1v) is 6.37. The zero-order valence-electron chi connectivity index (χ0n) is 11.1. The molecule has 2 aromatic rings. The van der Waals surface area contributed by atoms with Crippen LogP contribution in [0.3, 0.4) is 0 Å². The van der Waals surface area contributed by atoms with Crippen LogP contribution in [0.2, 0.25) is 5.15 Å². The number of benzene rings is 1. The van der Waals surface area contributed by atoms with E-state index in [1.165, 1.54) is 0 Å². The number of nitrogens with one attached hydrogen (secondary N) is 1. The summed E-state index contributed by atoms with van der Waals surface area (Å²) in [5, 5.41) is 3.29. The van der Waals surface area contributed by atoms with Crippen molar-refractivity contribution >= 4 is 23.2 Å². The molecule has 0 fully saturated rings. The zero-order valence-corrected chi connectivity index (χ0v) is 11.9. The molecule has 0 saturated carbocycles. The first-order valence-electron chi connectivity index (χ1n) is 6.00. The number of aromatic nitrogens is 1. The summed E-state index contributed by atoms with van der Waals surface area (Å²) in [5.41, 5.74) is 4.00. The van der Waals surface area contributed by atoms with Crippen molar-refractivity contribution in [2.24, 2.45) is 0 Å². The maximum absolute atomic E-state index is 12.3. The fraction of sp³-hybridized carbons (Fsp3) is 0.200.